The molecular weight excluding hydrogens is 228 g/mol. The summed E-state index contributed by atoms with van der Waals surface area (Å²) in [6.45, 7) is 1.64. The van der Waals surface area contributed by atoms with Crippen molar-refractivity contribution in [3.05, 3.63) is 23.9 Å². The van der Waals surface area contributed by atoms with E-state index in [1.807, 2.05) is 45.2 Å². The number of nitrogens with zero attached hydrogens (tertiary/aromatic N) is 3. The van der Waals surface area contributed by atoms with E-state index in [1.165, 1.54) is 0 Å². The zero-order valence-electron chi connectivity index (χ0n) is 11.6. The highest BCUT2D eigenvalue weighted by atomic mass is 16.1. The molecule has 0 aliphatic rings. The van der Waals surface area contributed by atoms with Crippen molar-refractivity contribution >= 4 is 11.7 Å². The first-order valence-electron chi connectivity index (χ1n) is 6.08. The summed E-state index contributed by atoms with van der Waals surface area (Å²) in [5.74, 6) is 0.674. The number of nitrogens with one attached hydrogen (secondary N) is 1. The second kappa shape index (κ2) is 6.96. The second-order valence-electron chi connectivity index (χ2n) is 4.69. The van der Waals surface area contributed by atoms with Gasteiger partial charge in [0.05, 0.1) is 0 Å². The molecule has 5 nitrogen and oxygen atoms in total. The van der Waals surface area contributed by atoms with Crippen LogP contribution in [0.25, 0.3) is 0 Å². The van der Waals surface area contributed by atoms with Crippen molar-refractivity contribution in [2.24, 2.45) is 0 Å². The van der Waals surface area contributed by atoms with E-state index in [9.17, 15) is 4.79 Å². The highest BCUT2D eigenvalue weighted by Gasteiger charge is 2.07. The fourth-order valence-electron chi connectivity index (χ4n) is 1.49. The number of rotatable bonds is 6. The van der Waals surface area contributed by atoms with E-state index in [2.05, 4.69) is 15.2 Å². The first kappa shape index (κ1) is 14.4. The molecule has 0 unspecified atom stereocenters. The summed E-state index contributed by atoms with van der Waals surface area (Å²) in [7, 11) is 7.84. The maximum absolute atomic E-state index is 11.9. The summed E-state index contributed by atoms with van der Waals surface area (Å²) in [5.41, 5.74) is 0.464. The van der Waals surface area contributed by atoms with Gasteiger partial charge in [-0.1, -0.05) is 6.07 Å². The Balaban J connectivity index is 2.48. The molecule has 0 saturated heterocycles. The van der Waals surface area contributed by atoms with Gasteiger partial charge < -0.3 is 15.1 Å². The Labute approximate surface area is 109 Å². The molecule has 0 atom stereocenters. The van der Waals surface area contributed by atoms with Crippen LogP contribution in [0.1, 0.15) is 16.9 Å². The van der Waals surface area contributed by atoms with Gasteiger partial charge in [-0.3, -0.25) is 4.79 Å². The number of amides is 1. The number of hydrogen-bond acceptors (Lipinski definition) is 4. The first-order chi connectivity index (χ1) is 8.50. The molecule has 1 N–H and O–H groups in total. The Morgan fingerprint density at radius 2 is 2.00 bits per heavy atom. The van der Waals surface area contributed by atoms with E-state index in [-0.39, 0.29) is 5.91 Å². The van der Waals surface area contributed by atoms with E-state index in [1.54, 1.807) is 6.07 Å². The second-order valence-corrected chi connectivity index (χ2v) is 4.69. The molecule has 18 heavy (non-hydrogen) atoms. The lowest BCUT2D eigenvalue weighted by atomic mass is 10.3. The maximum Gasteiger partial charge on any atom is 0.269 e. The van der Waals surface area contributed by atoms with Gasteiger partial charge in [-0.25, -0.2) is 4.98 Å². The summed E-state index contributed by atoms with van der Waals surface area (Å²) in [6, 6.07) is 5.45. The standard InChI is InChI=1S/C13H22N4O/c1-16(2)10-6-9-14-13(18)11-7-5-8-12(15-11)17(3)4/h5,7-8H,6,9-10H2,1-4H3,(H,14,18). The molecular formula is C13H22N4O. The van der Waals surface area contributed by atoms with Crippen molar-refractivity contribution in [1.29, 1.82) is 0 Å². The van der Waals surface area contributed by atoms with Crippen LogP contribution < -0.4 is 10.2 Å². The Morgan fingerprint density at radius 3 is 2.61 bits per heavy atom. The predicted molar refractivity (Wildman–Crippen MR) is 74.1 cm³/mol. The molecule has 0 spiro atoms. The number of aromatic nitrogens is 1. The van der Waals surface area contributed by atoms with Gasteiger partial charge in [0.15, 0.2) is 0 Å². The van der Waals surface area contributed by atoms with Crippen molar-refractivity contribution in [2.75, 3.05) is 46.2 Å². The fourth-order valence-corrected chi connectivity index (χ4v) is 1.49. The Morgan fingerprint density at radius 1 is 1.28 bits per heavy atom. The Hall–Kier alpha value is -1.62. The van der Waals surface area contributed by atoms with Crippen LogP contribution in [0.15, 0.2) is 18.2 Å². The molecule has 0 aromatic carbocycles. The monoisotopic (exact) mass is 250 g/mol. The van der Waals surface area contributed by atoms with E-state index in [4.69, 9.17) is 0 Å². The summed E-state index contributed by atoms with van der Waals surface area (Å²) in [5, 5.41) is 2.87. The van der Waals surface area contributed by atoms with Crippen LogP contribution in [0.4, 0.5) is 5.82 Å². The number of hydrogen-bond donors (Lipinski definition) is 1. The lowest BCUT2D eigenvalue weighted by molar-refractivity contribution is 0.0947. The van der Waals surface area contributed by atoms with Gasteiger partial charge in [0.1, 0.15) is 11.5 Å². The van der Waals surface area contributed by atoms with Gasteiger partial charge >= 0.3 is 0 Å². The van der Waals surface area contributed by atoms with Gasteiger partial charge in [0.25, 0.3) is 5.91 Å². The van der Waals surface area contributed by atoms with E-state index < -0.39 is 0 Å². The molecule has 1 aromatic rings. The highest BCUT2D eigenvalue weighted by molar-refractivity contribution is 5.92. The summed E-state index contributed by atoms with van der Waals surface area (Å²) < 4.78 is 0. The van der Waals surface area contributed by atoms with Gasteiger partial charge in [-0.05, 0) is 39.2 Å². The van der Waals surface area contributed by atoms with Crippen molar-refractivity contribution in [3.8, 4) is 0 Å². The molecule has 0 radical (unpaired) electrons. The SMILES string of the molecule is CN(C)CCCNC(=O)c1cccc(N(C)C)n1. The summed E-state index contributed by atoms with van der Waals surface area (Å²) in [6.07, 6.45) is 0.937. The molecule has 0 aliphatic carbocycles. The Kier molecular flexibility index (Phi) is 5.58. The summed E-state index contributed by atoms with van der Waals surface area (Å²) >= 11 is 0. The first-order valence-corrected chi connectivity index (χ1v) is 6.08. The largest absolute Gasteiger partial charge is 0.363 e. The van der Waals surface area contributed by atoms with Crippen LogP contribution >= 0.6 is 0 Å². The van der Waals surface area contributed by atoms with Gasteiger partial charge in [-0.15, -0.1) is 0 Å². The molecule has 5 heteroatoms. The summed E-state index contributed by atoms with van der Waals surface area (Å²) in [4.78, 5) is 20.1. The lowest BCUT2D eigenvalue weighted by Crippen LogP contribution is -2.28. The van der Waals surface area contributed by atoms with Gasteiger partial charge in [-0.2, -0.15) is 0 Å². The average Bonchev–Trinajstić information content (AvgIpc) is 2.34. The minimum atomic E-state index is -0.113. The number of carbonyl (C=O) groups is 1. The quantitative estimate of drug-likeness (QED) is 0.760. The third-order valence-corrected chi connectivity index (χ3v) is 2.49. The van der Waals surface area contributed by atoms with Crippen LogP contribution in [0.5, 0.6) is 0 Å². The number of pyridine rings is 1. The number of anilines is 1. The predicted octanol–water partition coefficient (Wildman–Crippen LogP) is 0.829. The minimum absolute atomic E-state index is 0.113. The van der Waals surface area contributed by atoms with Crippen molar-refractivity contribution < 1.29 is 4.79 Å². The molecule has 0 saturated carbocycles. The van der Waals surface area contributed by atoms with E-state index >= 15 is 0 Å². The van der Waals surface area contributed by atoms with Crippen LogP contribution in [-0.2, 0) is 0 Å². The van der Waals surface area contributed by atoms with Crippen molar-refractivity contribution in [3.63, 3.8) is 0 Å². The topological polar surface area (TPSA) is 48.5 Å². The van der Waals surface area contributed by atoms with Crippen LogP contribution in [0, 0.1) is 0 Å². The maximum atomic E-state index is 11.9. The molecule has 1 rings (SSSR count). The third kappa shape index (κ3) is 4.71. The fraction of sp³-hybridized carbons (Fsp3) is 0.538. The smallest absolute Gasteiger partial charge is 0.269 e. The van der Waals surface area contributed by atoms with Crippen LogP contribution in [0.2, 0.25) is 0 Å². The molecule has 0 fully saturated rings. The van der Waals surface area contributed by atoms with Gasteiger partial charge in [0, 0.05) is 20.6 Å². The molecule has 1 amide bonds. The third-order valence-electron chi connectivity index (χ3n) is 2.49. The van der Waals surface area contributed by atoms with Crippen molar-refractivity contribution in [2.45, 2.75) is 6.42 Å². The molecule has 1 aromatic heterocycles. The highest BCUT2D eigenvalue weighted by Crippen LogP contribution is 2.07. The molecule has 0 aliphatic heterocycles. The van der Waals surface area contributed by atoms with Gasteiger partial charge in [0.2, 0.25) is 0 Å². The zero-order chi connectivity index (χ0) is 13.5. The number of carbonyl (C=O) groups excluding carboxylic acids is 1. The molecule has 0 bridgehead atoms. The minimum Gasteiger partial charge on any atom is -0.363 e. The van der Waals surface area contributed by atoms with E-state index in [0.717, 1.165) is 18.8 Å². The average molecular weight is 250 g/mol. The van der Waals surface area contributed by atoms with Crippen LogP contribution in [0.3, 0.4) is 0 Å². The van der Waals surface area contributed by atoms with Crippen molar-refractivity contribution in [1.82, 2.24) is 15.2 Å². The zero-order valence-corrected chi connectivity index (χ0v) is 11.6. The Bertz CT molecular complexity index is 390. The van der Waals surface area contributed by atoms with Crippen LogP contribution in [-0.4, -0.2) is 57.1 Å². The van der Waals surface area contributed by atoms with E-state index in [0.29, 0.717) is 12.2 Å². The lowest BCUT2D eigenvalue weighted by Gasteiger charge is -2.12. The normalized spacial score (nSPS) is 10.5. The molecule has 100 valence electrons. The molecule has 1 heterocycles.